The molecule has 1 aliphatic heterocycles. The van der Waals surface area contributed by atoms with Gasteiger partial charge in [-0.15, -0.1) is 0 Å². The monoisotopic (exact) mass is 260 g/mol. The zero-order valence-corrected chi connectivity index (χ0v) is 12.5. The Morgan fingerprint density at radius 3 is 2.68 bits per heavy atom. The highest BCUT2D eigenvalue weighted by molar-refractivity contribution is 5.30. The van der Waals surface area contributed by atoms with Crippen LogP contribution >= 0.6 is 0 Å². The van der Waals surface area contributed by atoms with E-state index in [-0.39, 0.29) is 0 Å². The van der Waals surface area contributed by atoms with Crippen LogP contribution in [0.25, 0.3) is 0 Å². The van der Waals surface area contributed by atoms with Crippen LogP contribution in [0.3, 0.4) is 0 Å². The third kappa shape index (κ3) is 4.05. The van der Waals surface area contributed by atoms with E-state index in [1.807, 2.05) is 0 Å². The van der Waals surface area contributed by atoms with Crippen molar-refractivity contribution in [3.05, 3.63) is 35.4 Å². The first kappa shape index (κ1) is 14.5. The Labute approximate surface area is 118 Å². The molecule has 2 rings (SSSR count). The third-order valence-electron chi connectivity index (χ3n) is 4.20. The van der Waals surface area contributed by atoms with Crippen LogP contribution in [0, 0.1) is 0 Å². The molecule has 0 fully saturated rings. The highest BCUT2D eigenvalue weighted by atomic mass is 15.2. The molecule has 1 atom stereocenters. The average Bonchev–Trinajstić information content (AvgIpc) is 2.44. The van der Waals surface area contributed by atoms with Crippen LogP contribution in [0.4, 0.5) is 0 Å². The Balaban J connectivity index is 1.95. The van der Waals surface area contributed by atoms with Gasteiger partial charge in [0.25, 0.3) is 0 Å². The molecule has 0 saturated heterocycles. The second-order valence-electron chi connectivity index (χ2n) is 5.72. The molecule has 1 aliphatic rings. The number of nitrogens with zero attached hydrogens (tertiary/aromatic N) is 1. The van der Waals surface area contributed by atoms with Crippen molar-refractivity contribution in [3.63, 3.8) is 0 Å². The summed E-state index contributed by atoms with van der Waals surface area (Å²) in [6.45, 7) is 5.76. The summed E-state index contributed by atoms with van der Waals surface area (Å²) in [7, 11) is 2.07. The van der Waals surface area contributed by atoms with Crippen LogP contribution in [-0.4, -0.2) is 31.1 Å². The van der Waals surface area contributed by atoms with Gasteiger partial charge in [0.1, 0.15) is 0 Å². The Morgan fingerprint density at radius 1 is 1.16 bits per heavy atom. The predicted molar refractivity (Wildman–Crippen MR) is 82.4 cm³/mol. The highest BCUT2D eigenvalue weighted by Crippen LogP contribution is 2.23. The molecule has 0 aliphatic carbocycles. The molecule has 2 heteroatoms. The van der Waals surface area contributed by atoms with E-state index in [1.165, 1.54) is 44.2 Å². The zero-order chi connectivity index (χ0) is 13.5. The molecule has 19 heavy (non-hydrogen) atoms. The number of nitrogens with one attached hydrogen (secondary N) is 1. The SMILES string of the molecule is CCCCCCN1Cc2ccccc2CC1CNC. The number of benzene rings is 1. The predicted octanol–water partition coefficient (Wildman–Crippen LogP) is 3.21. The van der Waals surface area contributed by atoms with Crippen LogP contribution in [0.2, 0.25) is 0 Å². The molecule has 1 unspecified atom stereocenters. The van der Waals surface area contributed by atoms with Crippen molar-refractivity contribution in [3.8, 4) is 0 Å². The topological polar surface area (TPSA) is 15.3 Å². The number of likely N-dealkylation sites (N-methyl/N-ethyl adjacent to an activating group) is 1. The molecule has 0 amide bonds. The highest BCUT2D eigenvalue weighted by Gasteiger charge is 2.24. The second-order valence-corrected chi connectivity index (χ2v) is 5.72. The van der Waals surface area contributed by atoms with Gasteiger partial charge in [0.15, 0.2) is 0 Å². The number of rotatable bonds is 7. The van der Waals surface area contributed by atoms with E-state index < -0.39 is 0 Å². The fourth-order valence-corrected chi connectivity index (χ4v) is 3.08. The summed E-state index contributed by atoms with van der Waals surface area (Å²) < 4.78 is 0. The molecular weight excluding hydrogens is 232 g/mol. The first-order valence-corrected chi connectivity index (χ1v) is 7.80. The van der Waals surface area contributed by atoms with Gasteiger partial charge in [-0.2, -0.15) is 0 Å². The Kier molecular flexibility index (Phi) is 5.87. The Morgan fingerprint density at radius 2 is 1.95 bits per heavy atom. The summed E-state index contributed by atoms with van der Waals surface area (Å²) in [6.07, 6.45) is 6.62. The lowest BCUT2D eigenvalue weighted by molar-refractivity contribution is 0.166. The number of hydrogen-bond acceptors (Lipinski definition) is 2. The lowest BCUT2D eigenvalue weighted by Gasteiger charge is -2.37. The first-order valence-electron chi connectivity index (χ1n) is 7.80. The fraction of sp³-hybridized carbons (Fsp3) is 0.647. The van der Waals surface area contributed by atoms with Crippen molar-refractivity contribution >= 4 is 0 Å². The van der Waals surface area contributed by atoms with E-state index in [0.717, 1.165) is 13.1 Å². The Hall–Kier alpha value is -0.860. The largest absolute Gasteiger partial charge is 0.318 e. The third-order valence-corrected chi connectivity index (χ3v) is 4.20. The van der Waals surface area contributed by atoms with Gasteiger partial charge in [-0.05, 0) is 37.6 Å². The van der Waals surface area contributed by atoms with Crippen molar-refractivity contribution in [2.24, 2.45) is 0 Å². The molecular formula is C17H28N2. The van der Waals surface area contributed by atoms with Crippen molar-refractivity contribution in [1.82, 2.24) is 10.2 Å². The molecule has 2 nitrogen and oxygen atoms in total. The van der Waals surface area contributed by atoms with Gasteiger partial charge in [-0.25, -0.2) is 0 Å². The molecule has 1 aromatic rings. The van der Waals surface area contributed by atoms with Crippen LogP contribution in [0.5, 0.6) is 0 Å². The summed E-state index contributed by atoms with van der Waals surface area (Å²) >= 11 is 0. The van der Waals surface area contributed by atoms with Crippen molar-refractivity contribution in [1.29, 1.82) is 0 Å². The molecule has 106 valence electrons. The van der Waals surface area contributed by atoms with E-state index in [9.17, 15) is 0 Å². The zero-order valence-electron chi connectivity index (χ0n) is 12.5. The second kappa shape index (κ2) is 7.66. The standard InChI is InChI=1S/C17H28N2/c1-3-4-5-8-11-19-14-16-10-7-6-9-15(16)12-17(19)13-18-2/h6-7,9-10,17-18H,3-5,8,11-14H2,1-2H3. The first-order chi connectivity index (χ1) is 9.35. The van der Waals surface area contributed by atoms with Crippen LogP contribution in [0.1, 0.15) is 43.7 Å². The minimum atomic E-state index is 0.668. The minimum absolute atomic E-state index is 0.668. The van der Waals surface area contributed by atoms with Gasteiger partial charge in [0, 0.05) is 19.1 Å². The molecule has 0 radical (unpaired) electrons. The van der Waals surface area contributed by atoms with Crippen molar-refractivity contribution in [2.75, 3.05) is 20.1 Å². The maximum absolute atomic E-state index is 3.36. The lowest BCUT2D eigenvalue weighted by atomic mass is 9.93. The average molecular weight is 260 g/mol. The summed E-state index contributed by atoms with van der Waals surface area (Å²) in [5.41, 5.74) is 3.08. The van der Waals surface area contributed by atoms with E-state index in [0.29, 0.717) is 6.04 Å². The molecule has 0 bridgehead atoms. The van der Waals surface area contributed by atoms with Crippen LogP contribution in [0.15, 0.2) is 24.3 Å². The maximum atomic E-state index is 3.36. The van der Waals surface area contributed by atoms with Gasteiger partial charge in [-0.1, -0.05) is 50.5 Å². The smallest absolute Gasteiger partial charge is 0.0264 e. The summed E-state index contributed by atoms with van der Waals surface area (Å²) in [6, 6.07) is 9.61. The summed E-state index contributed by atoms with van der Waals surface area (Å²) in [5.74, 6) is 0. The van der Waals surface area contributed by atoms with Crippen LogP contribution < -0.4 is 5.32 Å². The van der Waals surface area contributed by atoms with Crippen molar-refractivity contribution < 1.29 is 0 Å². The molecule has 1 aromatic carbocycles. The van der Waals surface area contributed by atoms with Gasteiger partial charge in [0.05, 0.1) is 0 Å². The van der Waals surface area contributed by atoms with E-state index >= 15 is 0 Å². The van der Waals surface area contributed by atoms with Gasteiger partial charge in [0.2, 0.25) is 0 Å². The van der Waals surface area contributed by atoms with Crippen molar-refractivity contribution in [2.45, 2.75) is 51.6 Å². The van der Waals surface area contributed by atoms with Gasteiger partial charge < -0.3 is 5.32 Å². The van der Waals surface area contributed by atoms with E-state index in [2.05, 4.69) is 48.5 Å². The molecule has 0 spiro atoms. The minimum Gasteiger partial charge on any atom is -0.318 e. The van der Waals surface area contributed by atoms with Gasteiger partial charge >= 0.3 is 0 Å². The van der Waals surface area contributed by atoms with E-state index in [1.54, 1.807) is 5.56 Å². The van der Waals surface area contributed by atoms with Crippen LogP contribution in [-0.2, 0) is 13.0 Å². The number of unbranched alkanes of at least 4 members (excludes halogenated alkanes) is 3. The maximum Gasteiger partial charge on any atom is 0.0264 e. The lowest BCUT2D eigenvalue weighted by Crippen LogP contribution is -2.46. The van der Waals surface area contributed by atoms with Gasteiger partial charge in [-0.3, -0.25) is 4.90 Å². The molecule has 0 saturated carbocycles. The normalized spacial score (nSPS) is 19.4. The molecule has 1 heterocycles. The molecule has 0 aromatic heterocycles. The number of fused-ring (bicyclic) bond motifs is 1. The summed E-state index contributed by atoms with van der Waals surface area (Å²) in [4.78, 5) is 2.68. The molecule has 1 N–H and O–H groups in total. The van der Waals surface area contributed by atoms with E-state index in [4.69, 9.17) is 0 Å². The Bertz CT molecular complexity index is 375. The fourth-order valence-electron chi connectivity index (χ4n) is 3.08. The number of hydrogen-bond donors (Lipinski definition) is 1. The summed E-state index contributed by atoms with van der Waals surface area (Å²) in [5, 5.41) is 3.36. The quantitative estimate of drug-likeness (QED) is 0.757.